The minimum Gasteiger partial charge on any atom is -0.278 e. The Balaban J connectivity index is 1.75. The molecular formula is C21H24N4. The lowest BCUT2D eigenvalue weighted by atomic mass is 9.94. The Morgan fingerprint density at radius 3 is 2.52 bits per heavy atom. The van der Waals surface area contributed by atoms with E-state index in [-0.39, 0.29) is 0 Å². The number of para-hydroxylation sites is 2. The van der Waals surface area contributed by atoms with Gasteiger partial charge >= 0.3 is 0 Å². The highest BCUT2D eigenvalue weighted by Gasteiger charge is 2.18. The van der Waals surface area contributed by atoms with E-state index in [4.69, 9.17) is 5.10 Å². The van der Waals surface area contributed by atoms with Gasteiger partial charge < -0.3 is 0 Å². The molecule has 0 radical (unpaired) electrons. The lowest BCUT2D eigenvalue weighted by Crippen LogP contribution is -2.02. The lowest BCUT2D eigenvalue weighted by molar-refractivity contribution is 0.712. The van der Waals surface area contributed by atoms with Crippen molar-refractivity contribution in [1.29, 1.82) is 0 Å². The first-order chi connectivity index (χ1) is 12.1. The number of hydrogen-bond acceptors (Lipinski definition) is 2. The maximum atomic E-state index is 4.76. The fourth-order valence-electron chi connectivity index (χ4n) is 3.82. The van der Waals surface area contributed by atoms with Crippen molar-refractivity contribution in [2.75, 3.05) is 0 Å². The highest BCUT2D eigenvalue weighted by Crippen LogP contribution is 2.31. The van der Waals surface area contributed by atoms with E-state index in [1.807, 2.05) is 17.8 Å². The highest BCUT2D eigenvalue weighted by atomic mass is 15.3. The third kappa shape index (κ3) is 2.62. The summed E-state index contributed by atoms with van der Waals surface area (Å²) in [6.45, 7) is 6.65. The molecule has 1 unspecified atom stereocenters. The van der Waals surface area contributed by atoms with E-state index in [2.05, 4.69) is 67.4 Å². The standard InChI is InChI=1S/C21H24N4/c1-13(2)19-17-10-7-8-15(21(17)25(4)24-19)12-14(3)20-16-9-5-6-11-18(16)22-23-20/h5-11,13-14H,12H2,1-4H3,(H,22,23). The first kappa shape index (κ1) is 15.9. The second kappa shape index (κ2) is 6.03. The summed E-state index contributed by atoms with van der Waals surface area (Å²) in [7, 11) is 2.05. The van der Waals surface area contributed by atoms with Gasteiger partial charge in [0.1, 0.15) is 0 Å². The Morgan fingerprint density at radius 2 is 1.72 bits per heavy atom. The Hall–Kier alpha value is -2.62. The van der Waals surface area contributed by atoms with Gasteiger partial charge in [-0.3, -0.25) is 9.78 Å². The third-order valence-corrected chi connectivity index (χ3v) is 5.02. The minimum atomic E-state index is 0.333. The zero-order valence-electron chi connectivity index (χ0n) is 15.2. The molecule has 1 N–H and O–H groups in total. The predicted octanol–water partition coefficient (Wildman–Crippen LogP) is 4.92. The number of fused-ring (bicyclic) bond motifs is 2. The number of benzene rings is 2. The van der Waals surface area contributed by atoms with Crippen molar-refractivity contribution < 1.29 is 0 Å². The molecular weight excluding hydrogens is 308 g/mol. The average molecular weight is 332 g/mol. The van der Waals surface area contributed by atoms with E-state index in [0.29, 0.717) is 11.8 Å². The van der Waals surface area contributed by atoms with Crippen LogP contribution in [0.1, 0.15) is 49.6 Å². The molecule has 0 spiro atoms. The fraction of sp³-hybridized carbons (Fsp3) is 0.333. The molecule has 2 aromatic heterocycles. The van der Waals surface area contributed by atoms with Gasteiger partial charge in [0, 0.05) is 23.7 Å². The van der Waals surface area contributed by atoms with Gasteiger partial charge in [-0.15, -0.1) is 0 Å². The average Bonchev–Trinajstić information content (AvgIpc) is 3.17. The van der Waals surface area contributed by atoms with Crippen molar-refractivity contribution >= 4 is 21.8 Å². The highest BCUT2D eigenvalue weighted by molar-refractivity contribution is 5.86. The number of aryl methyl sites for hydroxylation is 1. The number of H-pyrrole nitrogens is 1. The van der Waals surface area contributed by atoms with Crippen LogP contribution in [0.15, 0.2) is 42.5 Å². The largest absolute Gasteiger partial charge is 0.278 e. The number of aromatic amines is 1. The quantitative estimate of drug-likeness (QED) is 0.576. The predicted molar refractivity (Wildman–Crippen MR) is 103 cm³/mol. The van der Waals surface area contributed by atoms with Crippen molar-refractivity contribution in [3.8, 4) is 0 Å². The van der Waals surface area contributed by atoms with Crippen LogP contribution in [0.2, 0.25) is 0 Å². The van der Waals surface area contributed by atoms with Crippen molar-refractivity contribution in [2.45, 2.75) is 39.0 Å². The van der Waals surface area contributed by atoms with Crippen molar-refractivity contribution in [3.63, 3.8) is 0 Å². The van der Waals surface area contributed by atoms with Crippen LogP contribution in [-0.4, -0.2) is 20.0 Å². The number of aromatic nitrogens is 4. The van der Waals surface area contributed by atoms with Gasteiger partial charge in [0.25, 0.3) is 0 Å². The van der Waals surface area contributed by atoms with Crippen molar-refractivity contribution in [3.05, 3.63) is 59.4 Å². The molecule has 25 heavy (non-hydrogen) atoms. The Morgan fingerprint density at radius 1 is 0.960 bits per heavy atom. The smallest absolute Gasteiger partial charge is 0.0732 e. The molecule has 1 atom stereocenters. The van der Waals surface area contributed by atoms with Crippen molar-refractivity contribution in [1.82, 2.24) is 20.0 Å². The van der Waals surface area contributed by atoms with E-state index in [9.17, 15) is 0 Å². The summed E-state index contributed by atoms with van der Waals surface area (Å²) in [5.74, 6) is 0.755. The zero-order valence-corrected chi connectivity index (χ0v) is 15.2. The molecule has 0 bridgehead atoms. The van der Waals surface area contributed by atoms with Crippen LogP contribution in [0.5, 0.6) is 0 Å². The van der Waals surface area contributed by atoms with Gasteiger partial charge in [0.05, 0.1) is 22.4 Å². The molecule has 2 heterocycles. The first-order valence-corrected chi connectivity index (χ1v) is 8.93. The SMILES string of the molecule is CC(C)c1nn(C)c2c(CC(C)c3n[nH]c4ccccc34)cccc12. The van der Waals surface area contributed by atoms with E-state index < -0.39 is 0 Å². The summed E-state index contributed by atoms with van der Waals surface area (Å²) < 4.78 is 2.04. The van der Waals surface area contributed by atoms with Gasteiger partial charge in [0.15, 0.2) is 0 Å². The summed E-state index contributed by atoms with van der Waals surface area (Å²) in [5, 5.41) is 15.0. The van der Waals surface area contributed by atoms with Crippen LogP contribution >= 0.6 is 0 Å². The number of rotatable bonds is 4. The maximum Gasteiger partial charge on any atom is 0.0732 e. The summed E-state index contributed by atoms with van der Waals surface area (Å²) in [5.41, 5.74) is 6.00. The molecule has 4 rings (SSSR count). The molecule has 0 saturated heterocycles. The molecule has 0 fully saturated rings. The van der Waals surface area contributed by atoms with Gasteiger partial charge in [-0.25, -0.2) is 0 Å². The topological polar surface area (TPSA) is 46.5 Å². The van der Waals surface area contributed by atoms with Crippen LogP contribution in [0.3, 0.4) is 0 Å². The molecule has 4 aromatic rings. The molecule has 0 aliphatic heterocycles. The maximum absolute atomic E-state index is 4.76. The van der Waals surface area contributed by atoms with Crippen LogP contribution < -0.4 is 0 Å². The van der Waals surface area contributed by atoms with E-state index in [1.54, 1.807) is 0 Å². The van der Waals surface area contributed by atoms with Gasteiger partial charge in [-0.2, -0.15) is 10.2 Å². The molecule has 2 aromatic carbocycles. The van der Waals surface area contributed by atoms with Gasteiger partial charge in [0.2, 0.25) is 0 Å². The molecule has 4 heteroatoms. The van der Waals surface area contributed by atoms with E-state index in [0.717, 1.165) is 17.6 Å². The number of nitrogens with zero attached hydrogens (tertiary/aromatic N) is 3. The Labute approximate surface area is 147 Å². The summed E-state index contributed by atoms with van der Waals surface area (Å²) >= 11 is 0. The van der Waals surface area contributed by atoms with E-state index >= 15 is 0 Å². The molecule has 128 valence electrons. The van der Waals surface area contributed by atoms with Crippen LogP contribution in [0, 0.1) is 0 Å². The molecule has 4 nitrogen and oxygen atoms in total. The third-order valence-electron chi connectivity index (χ3n) is 5.02. The second-order valence-corrected chi connectivity index (χ2v) is 7.24. The summed E-state index contributed by atoms with van der Waals surface area (Å²) in [4.78, 5) is 0. The molecule has 0 aliphatic carbocycles. The van der Waals surface area contributed by atoms with Crippen LogP contribution in [-0.2, 0) is 13.5 Å². The molecule has 0 aliphatic rings. The van der Waals surface area contributed by atoms with Crippen molar-refractivity contribution in [2.24, 2.45) is 7.05 Å². The van der Waals surface area contributed by atoms with Crippen LogP contribution in [0.4, 0.5) is 0 Å². The van der Waals surface area contributed by atoms with E-state index in [1.165, 1.54) is 27.5 Å². The normalized spacial score (nSPS) is 13.2. The number of hydrogen-bond donors (Lipinski definition) is 1. The second-order valence-electron chi connectivity index (χ2n) is 7.24. The number of nitrogens with one attached hydrogen (secondary N) is 1. The van der Waals surface area contributed by atoms with Gasteiger partial charge in [-0.05, 0) is 24.0 Å². The summed E-state index contributed by atoms with van der Waals surface area (Å²) in [6, 6.07) is 14.9. The van der Waals surface area contributed by atoms with Crippen LogP contribution in [0.25, 0.3) is 21.8 Å². The minimum absolute atomic E-state index is 0.333. The monoisotopic (exact) mass is 332 g/mol. The lowest BCUT2D eigenvalue weighted by Gasteiger charge is -2.11. The summed E-state index contributed by atoms with van der Waals surface area (Å²) in [6.07, 6.45) is 0.948. The molecule has 0 amide bonds. The Bertz CT molecular complexity index is 1040. The molecule has 0 saturated carbocycles. The first-order valence-electron chi connectivity index (χ1n) is 8.93. The fourth-order valence-corrected chi connectivity index (χ4v) is 3.82. The Kier molecular flexibility index (Phi) is 3.83. The zero-order chi connectivity index (χ0) is 17.6. The van der Waals surface area contributed by atoms with Gasteiger partial charge in [-0.1, -0.05) is 57.2 Å².